The van der Waals surface area contributed by atoms with Gasteiger partial charge in [0.2, 0.25) is 5.95 Å². The summed E-state index contributed by atoms with van der Waals surface area (Å²) in [7, 11) is 0. The second-order valence-corrected chi connectivity index (χ2v) is 10.1. The first-order valence-corrected chi connectivity index (χ1v) is 13.8. The van der Waals surface area contributed by atoms with Gasteiger partial charge in [-0.15, -0.1) is 5.10 Å². The fourth-order valence-electron chi connectivity index (χ4n) is 5.02. The number of nitrogens with zero attached hydrogens (tertiary/aromatic N) is 6. The number of hydrogen-bond acceptors (Lipinski definition) is 9. The molecule has 12 nitrogen and oxygen atoms in total. The Labute approximate surface area is 237 Å². The SMILES string of the molecule is O=C(N[C@@H]1CCCN(c2nc(Nc3ccc(C(=O)N4CCOCC4)cc3)c3nccn3n2)C1)OCc1ccccc1. The number of amides is 2. The summed E-state index contributed by atoms with van der Waals surface area (Å²) < 4.78 is 12.4. The van der Waals surface area contributed by atoms with Crippen LogP contribution < -0.4 is 15.5 Å². The summed E-state index contributed by atoms with van der Waals surface area (Å²) in [5.41, 5.74) is 2.92. The number of aromatic nitrogens is 4. The lowest BCUT2D eigenvalue weighted by molar-refractivity contribution is 0.0303. The molecule has 4 aromatic rings. The van der Waals surface area contributed by atoms with E-state index in [2.05, 4.69) is 25.6 Å². The molecule has 1 atom stereocenters. The van der Waals surface area contributed by atoms with Crippen LogP contribution in [0.15, 0.2) is 67.0 Å². The van der Waals surface area contributed by atoms with E-state index in [1.54, 1.807) is 21.8 Å². The minimum atomic E-state index is -0.440. The van der Waals surface area contributed by atoms with Gasteiger partial charge in [-0.05, 0) is 42.7 Å². The van der Waals surface area contributed by atoms with E-state index in [1.165, 1.54) is 0 Å². The van der Waals surface area contributed by atoms with Crippen molar-refractivity contribution in [3.63, 3.8) is 0 Å². The fourth-order valence-corrected chi connectivity index (χ4v) is 5.02. The molecular weight excluding hydrogens is 524 g/mol. The Bertz CT molecular complexity index is 1490. The Kier molecular flexibility index (Phi) is 7.90. The summed E-state index contributed by atoms with van der Waals surface area (Å²) in [4.78, 5) is 38.3. The summed E-state index contributed by atoms with van der Waals surface area (Å²) in [5.74, 6) is 1.07. The van der Waals surface area contributed by atoms with Crippen LogP contribution in [0.1, 0.15) is 28.8 Å². The molecule has 2 fully saturated rings. The number of imidazole rings is 1. The molecule has 41 heavy (non-hydrogen) atoms. The smallest absolute Gasteiger partial charge is 0.407 e. The summed E-state index contributed by atoms with van der Waals surface area (Å²) in [6.07, 6.45) is 4.72. The minimum Gasteiger partial charge on any atom is -0.445 e. The van der Waals surface area contributed by atoms with Gasteiger partial charge in [0.25, 0.3) is 5.91 Å². The number of anilines is 3. The first-order valence-electron chi connectivity index (χ1n) is 13.8. The van der Waals surface area contributed by atoms with E-state index in [4.69, 9.17) is 14.5 Å². The van der Waals surface area contributed by atoms with Gasteiger partial charge in [-0.3, -0.25) is 4.79 Å². The highest BCUT2D eigenvalue weighted by atomic mass is 16.5. The molecule has 2 aromatic carbocycles. The van der Waals surface area contributed by atoms with Crippen LogP contribution in [0.5, 0.6) is 0 Å². The molecule has 212 valence electrons. The number of alkyl carbamates (subject to hydrolysis) is 1. The van der Waals surface area contributed by atoms with Crippen molar-refractivity contribution in [2.45, 2.75) is 25.5 Å². The van der Waals surface area contributed by atoms with Crippen LogP contribution in [0.4, 0.5) is 22.2 Å². The van der Waals surface area contributed by atoms with Gasteiger partial charge in [-0.25, -0.2) is 14.3 Å². The van der Waals surface area contributed by atoms with Crippen molar-refractivity contribution in [1.82, 2.24) is 29.8 Å². The molecule has 0 radical (unpaired) electrons. The third-order valence-electron chi connectivity index (χ3n) is 7.17. The third kappa shape index (κ3) is 6.38. The van der Waals surface area contributed by atoms with E-state index >= 15 is 0 Å². The molecule has 0 unspecified atom stereocenters. The lowest BCUT2D eigenvalue weighted by Gasteiger charge is -2.33. The van der Waals surface area contributed by atoms with Gasteiger partial charge in [-0.2, -0.15) is 4.98 Å². The van der Waals surface area contributed by atoms with E-state index in [0.29, 0.717) is 55.8 Å². The minimum absolute atomic E-state index is 0.00275. The fraction of sp³-hybridized carbons (Fsp3) is 0.345. The molecule has 4 heterocycles. The standard InChI is InChI=1S/C29H32N8O4/c38-27(35-15-17-40-18-16-35)22-8-10-23(11-9-22)31-25-26-30-12-14-37(26)34-28(33-25)36-13-4-7-24(19-36)32-29(39)41-20-21-5-2-1-3-6-21/h1-3,5-6,8-12,14,24H,4,7,13,15-20H2,(H,32,39)(H,31,33,34)/t24-/m1/s1. The molecule has 0 spiro atoms. The molecule has 2 aromatic heterocycles. The average Bonchev–Trinajstić information content (AvgIpc) is 3.51. The number of benzene rings is 2. The molecule has 0 saturated carbocycles. The zero-order valence-electron chi connectivity index (χ0n) is 22.6. The lowest BCUT2D eigenvalue weighted by atomic mass is 10.1. The largest absolute Gasteiger partial charge is 0.445 e. The summed E-state index contributed by atoms with van der Waals surface area (Å²) in [6.45, 7) is 3.86. The molecule has 6 rings (SSSR count). The normalized spacial score (nSPS) is 17.3. The third-order valence-corrected chi connectivity index (χ3v) is 7.17. The highest BCUT2D eigenvalue weighted by Crippen LogP contribution is 2.24. The van der Waals surface area contributed by atoms with Crippen molar-refractivity contribution in [3.8, 4) is 0 Å². The maximum Gasteiger partial charge on any atom is 0.407 e. The predicted octanol–water partition coefficient (Wildman–Crippen LogP) is 3.24. The van der Waals surface area contributed by atoms with Gasteiger partial charge in [-0.1, -0.05) is 30.3 Å². The zero-order valence-corrected chi connectivity index (χ0v) is 22.6. The number of carbonyl (C=O) groups is 2. The van der Waals surface area contributed by atoms with Gasteiger partial charge >= 0.3 is 6.09 Å². The maximum absolute atomic E-state index is 12.8. The van der Waals surface area contributed by atoms with Crippen molar-refractivity contribution in [3.05, 3.63) is 78.1 Å². The van der Waals surface area contributed by atoms with E-state index in [0.717, 1.165) is 30.6 Å². The summed E-state index contributed by atoms with van der Waals surface area (Å²) >= 11 is 0. The van der Waals surface area contributed by atoms with E-state index in [9.17, 15) is 9.59 Å². The molecule has 2 aliphatic heterocycles. The molecular formula is C29H32N8O4. The second-order valence-electron chi connectivity index (χ2n) is 10.1. The van der Waals surface area contributed by atoms with Crippen LogP contribution in [-0.4, -0.2) is 81.9 Å². The highest BCUT2D eigenvalue weighted by molar-refractivity contribution is 5.94. The number of fused-ring (bicyclic) bond motifs is 1. The van der Waals surface area contributed by atoms with Crippen LogP contribution in [0.3, 0.4) is 0 Å². The number of carbonyl (C=O) groups excluding carboxylic acids is 2. The van der Waals surface area contributed by atoms with Crippen molar-refractivity contribution in [2.75, 3.05) is 49.6 Å². The molecule has 0 aliphatic carbocycles. The second kappa shape index (κ2) is 12.2. The number of morpholine rings is 1. The van der Waals surface area contributed by atoms with Crippen molar-refractivity contribution in [2.24, 2.45) is 0 Å². The van der Waals surface area contributed by atoms with Gasteiger partial charge < -0.3 is 29.9 Å². The highest BCUT2D eigenvalue weighted by Gasteiger charge is 2.25. The molecule has 2 saturated heterocycles. The number of ether oxygens (including phenoxy) is 2. The van der Waals surface area contributed by atoms with Crippen LogP contribution in [-0.2, 0) is 16.1 Å². The number of hydrogen-bond donors (Lipinski definition) is 2. The molecule has 0 bridgehead atoms. The number of piperidine rings is 1. The Hall–Kier alpha value is -4.71. The molecule has 2 amide bonds. The molecule has 2 N–H and O–H groups in total. The van der Waals surface area contributed by atoms with E-state index in [-0.39, 0.29) is 18.6 Å². The van der Waals surface area contributed by atoms with Crippen molar-refractivity contribution in [1.29, 1.82) is 0 Å². The monoisotopic (exact) mass is 556 g/mol. The van der Waals surface area contributed by atoms with Crippen molar-refractivity contribution < 1.29 is 19.1 Å². The first kappa shape index (κ1) is 26.5. The Morgan fingerprint density at radius 2 is 1.83 bits per heavy atom. The van der Waals surface area contributed by atoms with E-state index < -0.39 is 6.09 Å². The van der Waals surface area contributed by atoms with E-state index in [1.807, 2.05) is 54.6 Å². The Morgan fingerprint density at radius 3 is 2.63 bits per heavy atom. The Morgan fingerprint density at radius 1 is 1.02 bits per heavy atom. The van der Waals surface area contributed by atoms with Crippen LogP contribution in [0.2, 0.25) is 0 Å². The van der Waals surface area contributed by atoms with Crippen molar-refractivity contribution >= 4 is 35.1 Å². The lowest BCUT2D eigenvalue weighted by Crippen LogP contribution is -2.48. The first-order chi connectivity index (χ1) is 20.1. The molecule has 12 heteroatoms. The summed E-state index contributed by atoms with van der Waals surface area (Å²) in [6, 6.07) is 16.8. The maximum atomic E-state index is 12.8. The average molecular weight is 557 g/mol. The van der Waals surface area contributed by atoms with Crippen LogP contribution in [0, 0.1) is 0 Å². The summed E-state index contributed by atoms with van der Waals surface area (Å²) in [5, 5.41) is 11.0. The van der Waals surface area contributed by atoms with Crippen LogP contribution >= 0.6 is 0 Å². The topological polar surface area (TPSA) is 126 Å². The zero-order chi connectivity index (χ0) is 28.0. The predicted molar refractivity (Wildman–Crippen MR) is 152 cm³/mol. The van der Waals surface area contributed by atoms with Crippen LogP contribution in [0.25, 0.3) is 5.65 Å². The Balaban J connectivity index is 1.12. The number of nitrogens with one attached hydrogen (secondary N) is 2. The number of rotatable bonds is 7. The van der Waals surface area contributed by atoms with Gasteiger partial charge in [0.15, 0.2) is 11.5 Å². The molecule has 2 aliphatic rings. The quantitative estimate of drug-likeness (QED) is 0.353. The van der Waals surface area contributed by atoms with Gasteiger partial charge in [0.1, 0.15) is 6.61 Å². The van der Waals surface area contributed by atoms with Gasteiger partial charge in [0.05, 0.1) is 13.2 Å². The van der Waals surface area contributed by atoms with Gasteiger partial charge in [0, 0.05) is 55.9 Å².